The highest BCUT2D eigenvalue weighted by atomic mass is 16.3. The van der Waals surface area contributed by atoms with Crippen LogP contribution < -0.4 is 0 Å². The Hall–Kier alpha value is -1.51. The van der Waals surface area contributed by atoms with E-state index in [1.807, 2.05) is 6.07 Å². The first-order valence-corrected chi connectivity index (χ1v) is 8.16. The van der Waals surface area contributed by atoms with Gasteiger partial charge in [-0.3, -0.25) is 4.79 Å². The Kier molecular flexibility index (Phi) is 8.56. The van der Waals surface area contributed by atoms with Crippen LogP contribution in [0.1, 0.15) is 70.3 Å². The third kappa shape index (κ3) is 7.74. The van der Waals surface area contributed by atoms with Crippen molar-refractivity contribution in [2.75, 3.05) is 0 Å². The zero-order valence-electron chi connectivity index (χ0n) is 13.1. The number of Topliss-reactive ketones (excluding diaryl/α,β-unsaturated/α-hetero) is 1. The van der Waals surface area contributed by atoms with Gasteiger partial charge in [0, 0.05) is 12.8 Å². The molecule has 21 heavy (non-hydrogen) atoms. The highest BCUT2D eigenvalue weighted by Gasteiger charge is 2.03. The third-order valence-corrected chi connectivity index (χ3v) is 3.77. The molecule has 0 saturated carbocycles. The highest BCUT2D eigenvalue weighted by molar-refractivity contribution is 5.78. The van der Waals surface area contributed by atoms with Crippen LogP contribution in [0.25, 0.3) is 0 Å². The number of rotatable bonds is 11. The summed E-state index contributed by atoms with van der Waals surface area (Å²) in [5.74, 6) is 0.215. The van der Waals surface area contributed by atoms with Crippen LogP contribution >= 0.6 is 0 Å². The lowest BCUT2D eigenvalue weighted by Gasteiger charge is -2.04. The Morgan fingerprint density at radius 2 is 1.57 bits per heavy atom. The Bertz CT molecular complexity index is 426. The zero-order chi connectivity index (χ0) is 15.5. The SMILES string of the molecule is CCCCCCCC(=O)CCCCc1ccc(O)c(O)c1. The Balaban J connectivity index is 2.07. The molecule has 0 radical (unpaired) electrons. The van der Waals surface area contributed by atoms with Crippen molar-refractivity contribution in [1.82, 2.24) is 0 Å². The van der Waals surface area contributed by atoms with Crippen molar-refractivity contribution in [2.24, 2.45) is 0 Å². The maximum atomic E-state index is 11.7. The molecule has 3 nitrogen and oxygen atoms in total. The molecule has 0 saturated heterocycles. The lowest BCUT2D eigenvalue weighted by atomic mass is 10.0. The minimum absolute atomic E-state index is 0.0735. The van der Waals surface area contributed by atoms with Gasteiger partial charge in [-0.1, -0.05) is 38.7 Å². The molecular formula is C18H28O3. The summed E-state index contributed by atoms with van der Waals surface area (Å²) in [6, 6.07) is 4.90. The Morgan fingerprint density at radius 3 is 2.24 bits per heavy atom. The predicted octanol–water partition coefficient (Wildman–Crippen LogP) is 4.74. The first kappa shape index (κ1) is 17.5. The van der Waals surface area contributed by atoms with E-state index >= 15 is 0 Å². The van der Waals surface area contributed by atoms with Crippen molar-refractivity contribution in [3.05, 3.63) is 23.8 Å². The van der Waals surface area contributed by atoms with E-state index in [1.165, 1.54) is 31.7 Å². The van der Waals surface area contributed by atoms with E-state index in [4.69, 9.17) is 0 Å². The molecule has 0 fully saturated rings. The second-order valence-corrected chi connectivity index (χ2v) is 5.73. The van der Waals surface area contributed by atoms with Crippen molar-refractivity contribution in [1.29, 1.82) is 0 Å². The fourth-order valence-corrected chi connectivity index (χ4v) is 2.43. The fraction of sp³-hybridized carbons (Fsp3) is 0.611. The number of hydrogen-bond donors (Lipinski definition) is 2. The molecule has 2 N–H and O–H groups in total. The van der Waals surface area contributed by atoms with Crippen molar-refractivity contribution in [2.45, 2.75) is 71.1 Å². The van der Waals surface area contributed by atoms with E-state index in [1.54, 1.807) is 6.07 Å². The summed E-state index contributed by atoms with van der Waals surface area (Å²) in [5.41, 5.74) is 0.998. The molecule has 1 rings (SSSR count). The van der Waals surface area contributed by atoms with Crippen LogP contribution in [-0.2, 0) is 11.2 Å². The van der Waals surface area contributed by atoms with Crippen LogP contribution in [0.5, 0.6) is 11.5 Å². The maximum absolute atomic E-state index is 11.7. The van der Waals surface area contributed by atoms with Crippen molar-refractivity contribution in [3.8, 4) is 11.5 Å². The summed E-state index contributed by atoms with van der Waals surface area (Å²) in [7, 11) is 0. The van der Waals surface area contributed by atoms with E-state index in [-0.39, 0.29) is 11.5 Å². The van der Waals surface area contributed by atoms with Gasteiger partial charge in [0.1, 0.15) is 5.78 Å². The molecule has 0 bridgehead atoms. The van der Waals surface area contributed by atoms with Crippen molar-refractivity contribution >= 4 is 5.78 Å². The zero-order valence-corrected chi connectivity index (χ0v) is 13.1. The molecule has 0 amide bonds. The Labute approximate surface area is 128 Å². The first-order valence-electron chi connectivity index (χ1n) is 8.16. The molecule has 0 aliphatic carbocycles. The molecule has 0 atom stereocenters. The normalized spacial score (nSPS) is 10.7. The molecule has 0 heterocycles. The first-order chi connectivity index (χ1) is 10.1. The molecule has 0 aliphatic rings. The molecular weight excluding hydrogens is 264 g/mol. The third-order valence-electron chi connectivity index (χ3n) is 3.77. The van der Waals surface area contributed by atoms with Crippen LogP contribution in [0.15, 0.2) is 18.2 Å². The molecule has 0 aliphatic heterocycles. The highest BCUT2D eigenvalue weighted by Crippen LogP contribution is 2.25. The minimum atomic E-state index is -0.0861. The van der Waals surface area contributed by atoms with Gasteiger partial charge in [0.25, 0.3) is 0 Å². The number of aromatic hydroxyl groups is 2. The number of carbonyl (C=O) groups excluding carboxylic acids is 1. The molecule has 0 aromatic heterocycles. The predicted molar refractivity (Wildman–Crippen MR) is 85.7 cm³/mol. The summed E-state index contributed by atoms with van der Waals surface area (Å²) in [6.07, 6.45) is 10.0. The monoisotopic (exact) mass is 292 g/mol. The van der Waals surface area contributed by atoms with E-state index < -0.39 is 0 Å². The van der Waals surface area contributed by atoms with E-state index in [0.717, 1.165) is 37.7 Å². The van der Waals surface area contributed by atoms with Gasteiger partial charge in [-0.15, -0.1) is 0 Å². The van der Waals surface area contributed by atoms with Crippen LogP contribution in [0.4, 0.5) is 0 Å². The molecule has 1 aromatic carbocycles. The summed E-state index contributed by atoms with van der Waals surface area (Å²) in [4.78, 5) is 11.7. The lowest BCUT2D eigenvalue weighted by Crippen LogP contribution is -1.98. The number of benzene rings is 1. The summed E-state index contributed by atoms with van der Waals surface area (Å²) >= 11 is 0. The maximum Gasteiger partial charge on any atom is 0.157 e. The molecule has 0 unspecified atom stereocenters. The van der Waals surface area contributed by atoms with Crippen molar-refractivity contribution in [3.63, 3.8) is 0 Å². The van der Waals surface area contributed by atoms with Gasteiger partial charge in [-0.05, 0) is 43.4 Å². The van der Waals surface area contributed by atoms with Gasteiger partial charge >= 0.3 is 0 Å². The van der Waals surface area contributed by atoms with Crippen LogP contribution in [0, 0.1) is 0 Å². The number of unbranched alkanes of at least 4 members (excludes halogenated alkanes) is 5. The van der Waals surface area contributed by atoms with Crippen LogP contribution in [-0.4, -0.2) is 16.0 Å². The second-order valence-electron chi connectivity index (χ2n) is 5.73. The molecule has 0 spiro atoms. The van der Waals surface area contributed by atoms with E-state index in [9.17, 15) is 15.0 Å². The summed E-state index contributed by atoms with van der Waals surface area (Å²) in [6.45, 7) is 2.19. The number of phenols is 2. The smallest absolute Gasteiger partial charge is 0.157 e. The minimum Gasteiger partial charge on any atom is -0.504 e. The number of hydrogen-bond acceptors (Lipinski definition) is 3. The largest absolute Gasteiger partial charge is 0.504 e. The molecule has 118 valence electrons. The van der Waals surface area contributed by atoms with Crippen LogP contribution in [0.3, 0.4) is 0 Å². The van der Waals surface area contributed by atoms with Gasteiger partial charge in [0.15, 0.2) is 11.5 Å². The van der Waals surface area contributed by atoms with E-state index in [0.29, 0.717) is 12.2 Å². The summed E-state index contributed by atoms with van der Waals surface area (Å²) in [5, 5.41) is 18.6. The van der Waals surface area contributed by atoms with Gasteiger partial charge in [0.05, 0.1) is 0 Å². The van der Waals surface area contributed by atoms with Gasteiger partial charge < -0.3 is 10.2 Å². The van der Waals surface area contributed by atoms with Crippen LogP contribution in [0.2, 0.25) is 0 Å². The van der Waals surface area contributed by atoms with E-state index in [2.05, 4.69) is 6.92 Å². The quantitative estimate of drug-likeness (QED) is 0.457. The number of aryl methyl sites for hydroxylation is 1. The average molecular weight is 292 g/mol. The van der Waals surface area contributed by atoms with Gasteiger partial charge in [-0.25, -0.2) is 0 Å². The van der Waals surface area contributed by atoms with Crippen molar-refractivity contribution < 1.29 is 15.0 Å². The average Bonchev–Trinajstić information content (AvgIpc) is 2.47. The molecule has 3 heteroatoms. The Morgan fingerprint density at radius 1 is 0.905 bits per heavy atom. The molecule has 1 aromatic rings. The topological polar surface area (TPSA) is 57.5 Å². The van der Waals surface area contributed by atoms with Gasteiger partial charge in [0.2, 0.25) is 0 Å². The number of ketones is 1. The summed E-state index contributed by atoms with van der Waals surface area (Å²) < 4.78 is 0. The second kappa shape index (κ2) is 10.3. The van der Waals surface area contributed by atoms with Gasteiger partial charge in [-0.2, -0.15) is 0 Å². The lowest BCUT2D eigenvalue weighted by molar-refractivity contribution is -0.119. The standard InChI is InChI=1S/C18H28O3/c1-2-3-4-5-6-10-16(19)11-8-7-9-15-12-13-17(20)18(21)14-15/h12-14,20-21H,2-11H2,1H3. The number of carbonyl (C=O) groups is 1. The number of phenolic OH excluding ortho intramolecular Hbond substituents is 2. The fourth-order valence-electron chi connectivity index (χ4n) is 2.43.